The summed E-state index contributed by atoms with van der Waals surface area (Å²) in [6.07, 6.45) is 3.95. The van der Waals surface area contributed by atoms with Crippen molar-refractivity contribution < 1.29 is 4.43 Å². The summed E-state index contributed by atoms with van der Waals surface area (Å²) >= 11 is 12.8. The van der Waals surface area contributed by atoms with E-state index in [1.54, 1.807) is 10.6 Å². The van der Waals surface area contributed by atoms with Gasteiger partial charge in [-0.3, -0.25) is 0 Å². The molecule has 0 amide bonds. The lowest BCUT2D eigenvalue weighted by Crippen LogP contribution is -2.41. The zero-order valence-electron chi connectivity index (χ0n) is 22.1. The summed E-state index contributed by atoms with van der Waals surface area (Å²) in [7, 11) is -1.89. The third kappa shape index (κ3) is 5.35. The van der Waals surface area contributed by atoms with Crippen molar-refractivity contribution in [1.29, 1.82) is 0 Å². The molecule has 1 aliphatic heterocycles. The van der Waals surface area contributed by atoms with Gasteiger partial charge in [0, 0.05) is 19.2 Å². The predicted octanol–water partition coefficient (Wildman–Crippen LogP) is 7.03. The van der Waals surface area contributed by atoms with Crippen molar-refractivity contribution in [3.05, 3.63) is 56.6 Å². The topological polar surface area (TPSA) is 60.2 Å². The van der Waals surface area contributed by atoms with Crippen LogP contribution in [0.2, 0.25) is 28.3 Å². The van der Waals surface area contributed by atoms with Crippen LogP contribution in [-0.4, -0.2) is 42.0 Å². The highest BCUT2D eigenvalue weighted by Gasteiger charge is 2.37. The van der Waals surface area contributed by atoms with Gasteiger partial charge in [-0.05, 0) is 68.4 Å². The Balaban J connectivity index is 1.81. The van der Waals surface area contributed by atoms with Gasteiger partial charge in [-0.15, -0.1) is 0 Å². The standard InChI is InChI=1S/C27H36Cl2N4O2Si/c1-18-11-9-10-15-32(18)24-20-17-21(28)23(29)30-25(20)33(26(34)31-24)22-13-8-7-12-19(22)14-16-35-36(5,6)27(2,3)4/h7-8,12-13,17-18H,9-11,14-16H2,1-6H3/t18-/m0/s1. The summed E-state index contributed by atoms with van der Waals surface area (Å²) in [4.78, 5) is 25.0. The molecule has 9 heteroatoms. The molecule has 1 atom stereocenters. The van der Waals surface area contributed by atoms with E-state index in [1.807, 2.05) is 24.3 Å². The Kier molecular flexibility index (Phi) is 7.86. The molecule has 1 aromatic carbocycles. The number of nitrogens with zero attached hydrogens (tertiary/aromatic N) is 4. The number of halogens is 2. The minimum absolute atomic E-state index is 0.130. The molecule has 194 valence electrons. The van der Waals surface area contributed by atoms with Crippen molar-refractivity contribution in [2.45, 2.75) is 77.6 Å². The van der Waals surface area contributed by atoms with Crippen molar-refractivity contribution in [3.63, 3.8) is 0 Å². The summed E-state index contributed by atoms with van der Waals surface area (Å²) in [5, 5.41) is 1.37. The van der Waals surface area contributed by atoms with E-state index in [2.05, 4.69) is 55.7 Å². The maximum absolute atomic E-state index is 13.6. The first-order chi connectivity index (χ1) is 16.9. The lowest BCUT2D eigenvalue weighted by molar-refractivity contribution is 0.292. The fraction of sp³-hybridized carbons (Fsp3) is 0.519. The minimum atomic E-state index is -1.89. The van der Waals surface area contributed by atoms with Crippen molar-refractivity contribution in [2.75, 3.05) is 18.1 Å². The molecular weight excluding hydrogens is 511 g/mol. The number of anilines is 1. The highest BCUT2D eigenvalue weighted by molar-refractivity contribution is 6.74. The molecule has 0 bridgehead atoms. The van der Waals surface area contributed by atoms with Crippen LogP contribution in [0.25, 0.3) is 16.7 Å². The molecule has 0 saturated carbocycles. The molecule has 6 nitrogen and oxygen atoms in total. The van der Waals surface area contributed by atoms with Crippen molar-refractivity contribution in [3.8, 4) is 5.69 Å². The second-order valence-electron chi connectivity index (χ2n) is 11.2. The van der Waals surface area contributed by atoms with Crippen LogP contribution < -0.4 is 10.6 Å². The Morgan fingerprint density at radius 1 is 1.14 bits per heavy atom. The van der Waals surface area contributed by atoms with Crippen molar-refractivity contribution >= 4 is 48.4 Å². The maximum Gasteiger partial charge on any atom is 0.355 e. The van der Waals surface area contributed by atoms with Gasteiger partial charge in [-0.25, -0.2) is 14.3 Å². The lowest BCUT2D eigenvalue weighted by atomic mass is 10.0. The average molecular weight is 548 g/mol. The van der Waals surface area contributed by atoms with E-state index in [9.17, 15) is 4.79 Å². The number of hydrogen-bond donors (Lipinski definition) is 0. The molecule has 3 aromatic rings. The van der Waals surface area contributed by atoms with Gasteiger partial charge in [0.2, 0.25) is 0 Å². The number of aromatic nitrogens is 3. The van der Waals surface area contributed by atoms with Crippen LogP contribution in [0.4, 0.5) is 5.82 Å². The number of piperidine rings is 1. The molecule has 0 aliphatic carbocycles. The van der Waals surface area contributed by atoms with Crippen LogP contribution >= 0.6 is 23.2 Å². The van der Waals surface area contributed by atoms with E-state index in [4.69, 9.17) is 27.6 Å². The van der Waals surface area contributed by atoms with Crippen molar-refractivity contribution in [1.82, 2.24) is 14.5 Å². The summed E-state index contributed by atoms with van der Waals surface area (Å²) < 4.78 is 7.99. The van der Waals surface area contributed by atoms with Gasteiger partial charge in [0.1, 0.15) is 11.0 Å². The molecule has 0 unspecified atom stereocenters. The highest BCUT2D eigenvalue weighted by Crippen LogP contribution is 2.37. The van der Waals surface area contributed by atoms with E-state index in [0.717, 1.165) is 36.0 Å². The SMILES string of the molecule is C[C@H]1CCCCN1c1nc(=O)n(-c2ccccc2CCO[Si](C)(C)C(C)(C)C)c2nc(Cl)c(Cl)cc12. The second-order valence-corrected chi connectivity index (χ2v) is 16.8. The zero-order valence-corrected chi connectivity index (χ0v) is 24.6. The van der Waals surface area contributed by atoms with Crippen LogP contribution in [0.15, 0.2) is 35.1 Å². The quantitative estimate of drug-likeness (QED) is 0.245. The fourth-order valence-electron chi connectivity index (χ4n) is 4.51. The van der Waals surface area contributed by atoms with Crippen LogP contribution in [0, 0.1) is 0 Å². The zero-order chi connectivity index (χ0) is 26.3. The number of hydrogen-bond acceptors (Lipinski definition) is 5. The number of para-hydroxylation sites is 1. The van der Waals surface area contributed by atoms with Crippen LogP contribution in [0.1, 0.15) is 52.5 Å². The number of rotatable bonds is 6. The number of pyridine rings is 1. The van der Waals surface area contributed by atoms with Crippen LogP contribution in [-0.2, 0) is 10.8 Å². The van der Waals surface area contributed by atoms with Gasteiger partial charge < -0.3 is 9.33 Å². The Bertz CT molecular complexity index is 1320. The Hall–Kier alpha value is -1.93. The number of fused-ring (bicyclic) bond motifs is 1. The fourth-order valence-corrected chi connectivity index (χ4v) is 5.84. The van der Waals surface area contributed by atoms with Gasteiger partial charge in [-0.1, -0.05) is 62.2 Å². The summed E-state index contributed by atoms with van der Waals surface area (Å²) in [6.45, 7) is 14.8. The molecule has 3 heterocycles. The maximum atomic E-state index is 13.6. The van der Waals surface area contributed by atoms with E-state index in [-0.39, 0.29) is 21.9 Å². The summed E-state index contributed by atoms with van der Waals surface area (Å²) in [5.41, 5.74) is 1.82. The first kappa shape index (κ1) is 27.1. The van der Waals surface area contributed by atoms with Gasteiger partial charge in [0.15, 0.2) is 14.0 Å². The van der Waals surface area contributed by atoms with E-state index >= 15 is 0 Å². The Morgan fingerprint density at radius 3 is 2.56 bits per heavy atom. The molecule has 0 N–H and O–H groups in total. The normalized spacial score (nSPS) is 17.1. The largest absolute Gasteiger partial charge is 0.416 e. The lowest BCUT2D eigenvalue weighted by Gasteiger charge is -2.36. The molecule has 1 fully saturated rings. The van der Waals surface area contributed by atoms with Gasteiger partial charge >= 0.3 is 5.69 Å². The Morgan fingerprint density at radius 2 is 1.86 bits per heavy atom. The molecule has 0 spiro atoms. The smallest absolute Gasteiger partial charge is 0.355 e. The highest BCUT2D eigenvalue weighted by atomic mass is 35.5. The molecule has 36 heavy (non-hydrogen) atoms. The van der Waals surface area contributed by atoms with E-state index in [1.165, 1.54) is 6.42 Å². The first-order valence-corrected chi connectivity index (χ1v) is 16.3. The van der Waals surface area contributed by atoms with Gasteiger partial charge in [0.25, 0.3) is 0 Å². The first-order valence-electron chi connectivity index (χ1n) is 12.7. The minimum Gasteiger partial charge on any atom is -0.416 e. The molecule has 1 saturated heterocycles. The van der Waals surface area contributed by atoms with Gasteiger partial charge in [0.05, 0.1) is 16.1 Å². The van der Waals surface area contributed by atoms with Crippen LogP contribution in [0.5, 0.6) is 0 Å². The predicted molar refractivity (Wildman–Crippen MR) is 153 cm³/mol. The Labute approximate surface area is 224 Å². The summed E-state index contributed by atoms with van der Waals surface area (Å²) in [5.74, 6) is 0.628. The third-order valence-corrected chi connectivity index (χ3v) is 12.9. The monoisotopic (exact) mass is 546 g/mol. The van der Waals surface area contributed by atoms with Crippen LogP contribution in [0.3, 0.4) is 0 Å². The van der Waals surface area contributed by atoms with Gasteiger partial charge in [-0.2, -0.15) is 4.98 Å². The molecular formula is C27H36Cl2N4O2Si. The van der Waals surface area contributed by atoms with Crippen molar-refractivity contribution in [2.24, 2.45) is 0 Å². The molecule has 4 rings (SSSR count). The third-order valence-electron chi connectivity index (χ3n) is 7.71. The van der Waals surface area contributed by atoms with E-state index in [0.29, 0.717) is 29.5 Å². The molecule has 0 radical (unpaired) electrons. The molecule has 1 aliphatic rings. The number of benzene rings is 1. The summed E-state index contributed by atoms with van der Waals surface area (Å²) in [6, 6.07) is 9.92. The van der Waals surface area contributed by atoms with E-state index < -0.39 is 8.32 Å². The molecule has 2 aromatic heterocycles. The average Bonchev–Trinajstić information content (AvgIpc) is 2.80. The second kappa shape index (κ2) is 10.4.